The van der Waals surface area contributed by atoms with Gasteiger partial charge in [0.05, 0.1) is 12.2 Å². The Kier molecular flexibility index (Phi) is 7.41. The predicted octanol–water partition coefficient (Wildman–Crippen LogP) is 2.55. The Morgan fingerprint density at radius 2 is 1.71 bits per heavy atom. The average molecular weight is 322 g/mol. The van der Waals surface area contributed by atoms with Gasteiger partial charge in [-0.05, 0) is 45.4 Å². The van der Waals surface area contributed by atoms with E-state index in [2.05, 4.69) is 26.6 Å². The van der Waals surface area contributed by atoms with Crippen molar-refractivity contribution in [2.75, 3.05) is 19.4 Å². The van der Waals surface area contributed by atoms with Crippen molar-refractivity contribution in [3.8, 4) is 0 Å². The van der Waals surface area contributed by atoms with Gasteiger partial charge in [0.1, 0.15) is 0 Å². The molecule has 0 saturated carbocycles. The molecule has 128 valence electrons. The van der Waals surface area contributed by atoms with E-state index < -0.39 is 9.71 Å². The third kappa shape index (κ3) is 7.63. The number of aliphatic hydroxyl groups excluding tert-OH is 1. The van der Waals surface area contributed by atoms with Gasteiger partial charge < -0.3 is 9.84 Å². The number of aliphatic hydroxyl groups is 1. The molecule has 3 unspecified atom stereocenters. The molecule has 0 aliphatic carbocycles. The molecule has 0 saturated heterocycles. The normalized spacial score (nSPS) is 19.3. The minimum atomic E-state index is -2.34. The molecule has 0 aliphatic heterocycles. The van der Waals surface area contributed by atoms with Crippen LogP contribution in [0.3, 0.4) is 0 Å². The molecule has 0 heterocycles. The number of ether oxygens (including phenoxy) is 1. The quantitative estimate of drug-likeness (QED) is 0.733. The molecule has 3 atom stereocenters. The van der Waals surface area contributed by atoms with Crippen LogP contribution in [0.1, 0.15) is 54.9 Å². The molecular weight excluding hydrogens is 286 g/mol. The van der Waals surface area contributed by atoms with Gasteiger partial charge in [0.25, 0.3) is 0 Å². The Labute approximate surface area is 132 Å². The maximum absolute atomic E-state index is 12.5. The highest BCUT2D eigenvalue weighted by atomic mass is 32.2. The predicted molar refractivity (Wildman–Crippen MR) is 93.1 cm³/mol. The van der Waals surface area contributed by atoms with Gasteiger partial charge >= 0.3 is 0 Å². The molecule has 0 rings (SSSR count). The Hall–Kier alpha value is -0.100. The smallest absolute Gasteiger partial charge is 0.0738 e. The Bertz CT molecular complexity index is 404. The molecule has 0 bridgehead atoms. The first-order valence-electron chi connectivity index (χ1n) is 7.56. The lowest BCUT2D eigenvalue weighted by Crippen LogP contribution is -2.50. The third-order valence-electron chi connectivity index (χ3n) is 3.65. The molecule has 1 N–H and O–H groups in total. The zero-order valence-electron chi connectivity index (χ0n) is 15.1. The first-order chi connectivity index (χ1) is 9.19. The van der Waals surface area contributed by atoms with Gasteiger partial charge in [-0.15, -0.1) is 0 Å². The second kappa shape index (κ2) is 7.44. The van der Waals surface area contributed by atoms with Crippen LogP contribution in [0.2, 0.25) is 0 Å². The van der Waals surface area contributed by atoms with Gasteiger partial charge in [-0.25, -0.2) is 4.31 Å². The SMILES string of the molecule is C=S(C)(=O)N(CC(CCO)OC(C)C(C)(C)C)C(C)(C)C. The van der Waals surface area contributed by atoms with Crippen LogP contribution in [0.15, 0.2) is 0 Å². The van der Waals surface area contributed by atoms with E-state index in [1.54, 1.807) is 6.26 Å². The van der Waals surface area contributed by atoms with Crippen molar-refractivity contribution in [3.05, 3.63) is 0 Å². The highest BCUT2D eigenvalue weighted by Crippen LogP contribution is 2.25. The van der Waals surface area contributed by atoms with E-state index in [-0.39, 0.29) is 29.8 Å². The summed E-state index contributed by atoms with van der Waals surface area (Å²) in [4.78, 5) is 0. The van der Waals surface area contributed by atoms with E-state index >= 15 is 0 Å². The molecule has 0 aromatic carbocycles. The standard InChI is InChI=1S/C16H35NO3S/c1-13(15(2,3)4)20-14(10-11-18)12-17(16(5,6)7)21(8,9)19/h13-14,18H,8,10-12H2,1-7,9H3. The molecule has 0 aromatic heterocycles. The minimum absolute atomic E-state index is 0.0261. The summed E-state index contributed by atoms with van der Waals surface area (Å²) >= 11 is 0. The zero-order valence-corrected chi connectivity index (χ0v) is 15.9. The Balaban J connectivity index is 5.13. The van der Waals surface area contributed by atoms with Crippen molar-refractivity contribution in [3.63, 3.8) is 0 Å². The molecule has 0 aromatic rings. The van der Waals surface area contributed by atoms with E-state index in [9.17, 15) is 9.32 Å². The van der Waals surface area contributed by atoms with Crippen LogP contribution in [-0.4, -0.2) is 56.6 Å². The summed E-state index contributed by atoms with van der Waals surface area (Å²) in [6, 6.07) is 0. The van der Waals surface area contributed by atoms with Crippen molar-refractivity contribution in [1.29, 1.82) is 0 Å². The van der Waals surface area contributed by atoms with Crippen LogP contribution in [0.5, 0.6) is 0 Å². The van der Waals surface area contributed by atoms with E-state index in [1.807, 2.05) is 32.0 Å². The van der Waals surface area contributed by atoms with Crippen LogP contribution in [0.25, 0.3) is 0 Å². The van der Waals surface area contributed by atoms with Crippen LogP contribution < -0.4 is 0 Å². The summed E-state index contributed by atoms with van der Waals surface area (Å²) in [6.45, 7) is 15.0. The molecule has 0 fully saturated rings. The molecule has 5 heteroatoms. The van der Waals surface area contributed by atoms with Crippen LogP contribution >= 0.6 is 0 Å². The van der Waals surface area contributed by atoms with Crippen LogP contribution in [0, 0.1) is 5.41 Å². The maximum atomic E-state index is 12.5. The Morgan fingerprint density at radius 1 is 1.24 bits per heavy atom. The first-order valence-corrected chi connectivity index (χ1v) is 9.65. The largest absolute Gasteiger partial charge is 0.396 e. The second-order valence-corrected chi connectivity index (χ2v) is 10.3. The number of nitrogens with zero attached hydrogens (tertiary/aromatic N) is 1. The molecular formula is C16H35NO3S. The van der Waals surface area contributed by atoms with Gasteiger partial charge in [0.15, 0.2) is 0 Å². The van der Waals surface area contributed by atoms with Crippen molar-refractivity contribution >= 4 is 15.6 Å². The summed E-state index contributed by atoms with van der Waals surface area (Å²) in [5.74, 6) is 3.81. The lowest BCUT2D eigenvalue weighted by molar-refractivity contribution is -0.0717. The maximum Gasteiger partial charge on any atom is 0.0738 e. The molecule has 0 aliphatic rings. The number of rotatable bonds is 7. The molecule has 0 radical (unpaired) electrons. The third-order valence-corrected chi connectivity index (χ3v) is 5.28. The number of hydrogen-bond donors (Lipinski definition) is 1. The second-order valence-electron chi connectivity index (χ2n) is 7.97. The lowest BCUT2D eigenvalue weighted by atomic mass is 9.90. The highest BCUT2D eigenvalue weighted by Gasteiger charge is 2.31. The number of hydrogen-bond acceptors (Lipinski definition) is 3. The summed E-state index contributed by atoms with van der Waals surface area (Å²) in [6.07, 6.45) is 2.07. The van der Waals surface area contributed by atoms with Crippen molar-refractivity contribution in [2.24, 2.45) is 5.41 Å². The summed E-state index contributed by atoms with van der Waals surface area (Å²) in [5, 5.41) is 9.29. The van der Waals surface area contributed by atoms with E-state index in [1.165, 1.54) is 0 Å². The van der Waals surface area contributed by atoms with Crippen molar-refractivity contribution < 1.29 is 14.1 Å². The minimum Gasteiger partial charge on any atom is -0.396 e. The average Bonchev–Trinajstić information content (AvgIpc) is 2.21. The van der Waals surface area contributed by atoms with Gasteiger partial charge in [-0.1, -0.05) is 20.8 Å². The fourth-order valence-electron chi connectivity index (χ4n) is 2.03. The van der Waals surface area contributed by atoms with Crippen molar-refractivity contribution in [2.45, 2.75) is 72.6 Å². The lowest BCUT2D eigenvalue weighted by Gasteiger charge is -2.40. The molecule has 0 amide bonds. The molecule has 21 heavy (non-hydrogen) atoms. The van der Waals surface area contributed by atoms with Gasteiger partial charge in [-0.2, -0.15) is 0 Å². The topological polar surface area (TPSA) is 49.8 Å². The van der Waals surface area contributed by atoms with Gasteiger partial charge in [0, 0.05) is 34.7 Å². The molecule has 0 spiro atoms. The van der Waals surface area contributed by atoms with Gasteiger partial charge in [-0.3, -0.25) is 4.21 Å². The fourth-order valence-corrected chi connectivity index (χ4v) is 3.68. The Morgan fingerprint density at radius 3 is 2.00 bits per heavy atom. The van der Waals surface area contributed by atoms with E-state index in [0.29, 0.717) is 13.0 Å². The highest BCUT2D eigenvalue weighted by molar-refractivity contribution is 7.97. The fraction of sp³-hybridized carbons (Fsp3) is 0.938. The molecule has 4 nitrogen and oxygen atoms in total. The summed E-state index contributed by atoms with van der Waals surface area (Å²) < 4.78 is 20.5. The van der Waals surface area contributed by atoms with E-state index in [0.717, 1.165) is 0 Å². The zero-order chi connectivity index (χ0) is 17.1. The van der Waals surface area contributed by atoms with Crippen molar-refractivity contribution in [1.82, 2.24) is 4.31 Å². The van der Waals surface area contributed by atoms with Crippen LogP contribution in [0.4, 0.5) is 0 Å². The summed E-state index contributed by atoms with van der Waals surface area (Å²) in [7, 11) is -2.34. The monoisotopic (exact) mass is 321 g/mol. The first kappa shape index (κ1) is 20.9. The van der Waals surface area contributed by atoms with Gasteiger partial charge in [0.2, 0.25) is 0 Å². The summed E-state index contributed by atoms with van der Waals surface area (Å²) in [5.41, 5.74) is -0.242. The van der Waals surface area contributed by atoms with Crippen LogP contribution in [-0.2, 0) is 14.4 Å². The van der Waals surface area contributed by atoms with E-state index in [4.69, 9.17) is 4.74 Å².